The lowest BCUT2D eigenvalue weighted by atomic mass is 9.33. The van der Waals surface area contributed by atoms with Crippen molar-refractivity contribution in [1.82, 2.24) is 0 Å². The Morgan fingerprint density at radius 1 is 0.882 bits per heavy atom. The number of hydrogen-bond acceptors (Lipinski definition) is 3. The first-order valence-corrected chi connectivity index (χ1v) is 13.9. The lowest BCUT2D eigenvalue weighted by Crippen LogP contribution is -2.68. The first-order valence-electron chi connectivity index (χ1n) is 13.9. The molecule has 0 bridgehead atoms. The summed E-state index contributed by atoms with van der Waals surface area (Å²) in [5.74, 6) is 0.364. The molecule has 4 fully saturated rings. The third-order valence-corrected chi connectivity index (χ3v) is 13.4. The fraction of sp³-hybridized carbons (Fsp3) is 0.900. The van der Waals surface area contributed by atoms with Crippen molar-refractivity contribution in [2.75, 3.05) is 0 Å². The minimum absolute atomic E-state index is 0.0325. The molecular weight excluding hydrogens is 424 g/mol. The predicted molar refractivity (Wildman–Crippen MR) is 134 cm³/mol. The van der Waals surface area contributed by atoms with E-state index in [1.165, 1.54) is 0 Å². The van der Waals surface area contributed by atoms with Gasteiger partial charge in [0, 0.05) is 11.8 Å². The SMILES string of the molecule is CC1(C)[C@H]2CC[C@]3(C)[C@@H](CC=C4[C@@H]5C[C@](C)(C(=O)O)CC[C@]5(C)CC[C@]43C)[C@@]2(C)[C@@H](O)C[C@@H]1O. The van der Waals surface area contributed by atoms with Crippen molar-refractivity contribution < 1.29 is 20.1 Å². The van der Waals surface area contributed by atoms with Crippen molar-refractivity contribution in [2.24, 2.45) is 50.2 Å². The Labute approximate surface area is 206 Å². The van der Waals surface area contributed by atoms with Gasteiger partial charge in [0.2, 0.25) is 0 Å². The van der Waals surface area contributed by atoms with Crippen LogP contribution in [0.3, 0.4) is 0 Å². The Morgan fingerprint density at radius 3 is 2.18 bits per heavy atom. The third-order valence-electron chi connectivity index (χ3n) is 13.4. The number of aliphatic hydroxyl groups is 2. The second-order valence-corrected chi connectivity index (χ2v) is 15.0. The normalized spacial score (nSPS) is 56.3. The highest BCUT2D eigenvalue weighted by molar-refractivity contribution is 5.74. The topological polar surface area (TPSA) is 77.8 Å². The van der Waals surface area contributed by atoms with Crippen LogP contribution in [0.2, 0.25) is 0 Å². The van der Waals surface area contributed by atoms with Crippen LogP contribution in [0.4, 0.5) is 0 Å². The molecule has 0 aromatic rings. The van der Waals surface area contributed by atoms with Crippen molar-refractivity contribution in [3.63, 3.8) is 0 Å². The molecule has 0 saturated heterocycles. The van der Waals surface area contributed by atoms with E-state index in [-0.39, 0.29) is 27.1 Å². The van der Waals surface area contributed by atoms with Gasteiger partial charge in [0.15, 0.2) is 0 Å². The van der Waals surface area contributed by atoms with E-state index in [1.54, 1.807) is 5.57 Å². The second kappa shape index (κ2) is 7.12. The van der Waals surface area contributed by atoms with Crippen molar-refractivity contribution in [3.8, 4) is 0 Å². The minimum atomic E-state index is -0.638. The molecule has 192 valence electrons. The quantitative estimate of drug-likeness (QED) is 0.397. The number of rotatable bonds is 1. The molecule has 0 aliphatic heterocycles. The van der Waals surface area contributed by atoms with Crippen LogP contribution in [-0.2, 0) is 4.79 Å². The summed E-state index contributed by atoms with van der Waals surface area (Å²) in [6, 6.07) is 0. The molecule has 0 radical (unpaired) electrons. The van der Waals surface area contributed by atoms with Crippen LogP contribution in [0, 0.1) is 50.2 Å². The molecule has 0 aromatic heterocycles. The Kier molecular flexibility index (Phi) is 5.20. The zero-order valence-corrected chi connectivity index (χ0v) is 22.6. The maximum Gasteiger partial charge on any atom is 0.309 e. The molecule has 4 heteroatoms. The lowest BCUT2D eigenvalue weighted by molar-refractivity contribution is -0.243. The molecule has 34 heavy (non-hydrogen) atoms. The zero-order chi connectivity index (χ0) is 25.1. The van der Waals surface area contributed by atoms with E-state index in [2.05, 4.69) is 47.6 Å². The highest BCUT2D eigenvalue weighted by Gasteiger charge is 2.70. The highest BCUT2D eigenvalue weighted by Crippen LogP contribution is 2.75. The number of aliphatic hydroxyl groups excluding tert-OH is 2. The van der Waals surface area contributed by atoms with Gasteiger partial charge >= 0.3 is 5.97 Å². The number of carboxylic acids is 1. The fourth-order valence-corrected chi connectivity index (χ4v) is 10.5. The van der Waals surface area contributed by atoms with Crippen molar-refractivity contribution in [3.05, 3.63) is 11.6 Å². The van der Waals surface area contributed by atoms with Crippen molar-refractivity contribution in [1.29, 1.82) is 0 Å². The van der Waals surface area contributed by atoms with E-state index < -0.39 is 23.6 Å². The summed E-state index contributed by atoms with van der Waals surface area (Å²) in [6.45, 7) is 16.1. The van der Waals surface area contributed by atoms with Crippen LogP contribution >= 0.6 is 0 Å². The average Bonchev–Trinajstić information content (AvgIpc) is 2.74. The molecule has 4 nitrogen and oxygen atoms in total. The highest BCUT2D eigenvalue weighted by atomic mass is 16.4. The molecule has 0 unspecified atom stereocenters. The van der Waals surface area contributed by atoms with E-state index >= 15 is 0 Å². The Balaban J connectivity index is 1.59. The van der Waals surface area contributed by atoms with Gasteiger partial charge in [-0.1, -0.05) is 53.2 Å². The molecule has 0 aromatic carbocycles. The third kappa shape index (κ3) is 2.82. The van der Waals surface area contributed by atoms with Gasteiger partial charge in [-0.05, 0) is 97.7 Å². The van der Waals surface area contributed by atoms with Crippen molar-refractivity contribution in [2.45, 2.75) is 118 Å². The molecule has 10 atom stereocenters. The molecule has 0 spiro atoms. The van der Waals surface area contributed by atoms with Gasteiger partial charge in [0.1, 0.15) is 0 Å². The maximum atomic E-state index is 12.2. The molecule has 0 amide bonds. The molecule has 3 N–H and O–H groups in total. The largest absolute Gasteiger partial charge is 0.481 e. The smallest absolute Gasteiger partial charge is 0.309 e. The summed E-state index contributed by atoms with van der Waals surface area (Å²) in [7, 11) is 0. The van der Waals surface area contributed by atoms with Crippen LogP contribution < -0.4 is 0 Å². The number of carbonyl (C=O) groups is 1. The van der Waals surface area contributed by atoms with Crippen LogP contribution in [0.15, 0.2) is 11.6 Å². The van der Waals surface area contributed by atoms with Gasteiger partial charge in [-0.3, -0.25) is 4.79 Å². The Hall–Kier alpha value is -0.870. The first kappa shape index (κ1) is 24.8. The van der Waals surface area contributed by atoms with Gasteiger partial charge in [-0.2, -0.15) is 0 Å². The molecule has 5 aliphatic carbocycles. The van der Waals surface area contributed by atoms with Crippen LogP contribution in [0.1, 0.15) is 106 Å². The van der Waals surface area contributed by atoms with E-state index in [1.807, 2.05) is 6.92 Å². The maximum absolute atomic E-state index is 12.2. The van der Waals surface area contributed by atoms with Gasteiger partial charge in [0.25, 0.3) is 0 Å². The summed E-state index contributed by atoms with van der Waals surface area (Å²) in [5.41, 5.74) is 0.789. The van der Waals surface area contributed by atoms with Crippen LogP contribution in [0.5, 0.6) is 0 Å². The average molecular weight is 473 g/mol. The summed E-state index contributed by atoms with van der Waals surface area (Å²) >= 11 is 0. The van der Waals surface area contributed by atoms with E-state index in [0.29, 0.717) is 24.2 Å². The summed E-state index contributed by atoms with van der Waals surface area (Å²) in [5, 5.41) is 32.5. The van der Waals surface area contributed by atoms with Gasteiger partial charge in [0.05, 0.1) is 17.6 Å². The monoisotopic (exact) mass is 472 g/mol. The molecule has 5 rings (SSSR count). The van der Waals surface area contributed by atoms with Crippen molar-refractivity contribution >= 4 is 5.97 Å². The number of fused-ring (bicyclic) bond motifs is 7. The van der Waals surface area contributed by atoms with Crippen LogP contribution in [0.25, 0.3) is 0 Å². The molecule has 4 saturated carbocycles. The lowest BCUT2D eigenvalue weighted by Gasteiger charge is -2.72. The number of aliphatic carboxylic acids is 1. The van der Waals surface area contributed by atoms with E-state index in [4.69, 9.17) is 0 Å². The number of allylic oxidation sites excluding steroid dienone is 2. The Morgan fingerprint density at radius 2 is 1.53 bits per heavy atom. The predicted octanol–water partition coefficient (Wildman–Crippen LogP) is 6.20. The molecular formula is C30H48O4. The van der Waals surface area contributed by atoms with E-state index in [0.717, 1.165) is 51.4 Å². The summed E-state index contributed by atoms with van der Waals surface area (Å²) < 4.78 is 0. The number of carboxylic acid groups (broad SMARTS) is 1. The Bertz CT molecular complexity index is 923. The number of hydrogen-bond donors (Lipinski definition) is 3. The van der Waals surface area contributed by atoms with Gasteiger partial charge in [-0.25, -0.2) is 0 Å². The summed E-state index contributed by atoms with van der Waals surface area (Å²) in [6.07, 6.45) is 10.0. The summed E-state index contributed by atoms with van der Waals surface area (Å²) in [4.78, 5) is 12.2. The minimum Gasteiger partial charge on any atom is -0.481 e. The van der Waals surface area contributed by atoms with Gasteiger partial charge in [-0.15, -0.1) is 0 Å². The standard InChI is InChI=1S/C30H48O4/c1-25(2)20-10-11-29(6)21(30(20,7)23(32)16-22(25)31)9-8-18-19-17-27(4,24(33)34)13-12-26(19,3)14-15-28(18,29)5/h8,19-23,31-32H,9-17H2,1-7H3,(H,33,34)/t19-,20+,21+,22-,23-,26+,27+,28+,29+,30-/m0/s1. The first-order chi connectivity index (χ1) is 15.6. The zero-order valence-electron chi connectivity index (χ0n) is 22.6. The van der Waals surface area contributed by atoms with E-state index in [9.17, 15) is 20.1 Å². The molecule has 5 aliphatic rings. The second-order valence-electron chi connectivity index (χ2n) is 15.0. The fourth-order valence-electron chi connectivity index (χ4n) is 10.5. The van der Waals surface area contributed by atoms with Crippen LogP contribution in [-0.4, -0.2) is 33.5 Å². The molecule has 0 heterocycles. The van der Waals surface area contributed by atoms with Gasteiger partial charge < -0.3 is 15.3 Å².